The fourth-order valence-corrected chi connectivity index (χ4v) is 1.70. The van der Waals surface area contributed by atoms with E-state index in [-0.39, 0.29) is 0 Å². The molecule has 0 aromatic carbocycles. The lowest BCUT2D eigenvalue weighted by molar-refractivity contribution is 0.178. The van der Waals surface area contributed by atoms with Crippen molar-refractivity contribution >= 4 is 0 Å². The molecule has 60 valence electrons. The van der Waals surface area contributed by atoms with Gasteiger partial charge >= 0.3 is 0 Å². The summed E-state index contributed by atoms with van der Waals surface area (Å²) in [5.41, 5.74) is 5.49. The third kappa shape index (κ3) is 1.96. The average molecular weight is 142 g/mol. The summed E-state index contributed by atoms with van der Waals surface area (Å²) in [6, 6.07) is 0.777. The number of nitrogens with two attached hydrogens (primary N) is 1. The Hall–Kier alpha value is -0.0800. The average Bonchev–Trinajstić information content (AvgIpc) is 1.94. The number of hydrogen-bond donors (Lipinski definition) is 1. The van der Waals surface area contributed by atoms with Crippen molar-refractivity contribution in [3.8, 4) is 0 Å². The Labute approximate surface area is 63.4 Å². The lowest BCUT2D eigenvalue weighted by Crippen LogP contribution is -2.37. The van der Waals surface area contributed by atoms with E-state index < -0.39 is 0 Å². The number of hydrogen-bond acceptors (Lipinski definition) is 2. The Morgan fingerprint density at radius 2 is 2.30 bits per heavy atom. The summed E-state index contributed by atoms with van der Waals surface area (Å²) in [6.07, 6.45) is 5.30. The molecule has 0 amide bonds. The fraction of sp³-hybridized carbons (Fsp3) is 1.00. The molecule has 1 unspecified atom stereocenters. The highest BCUT2D eigenvalue weighted by Crippen LogP contribution is 2.16. The first-order chi connectivity index (χ1) is 4.84. The Morgan fingerprint density at radius 3 is 2.90 bits per heavy atom. The normalized spacial score (nSPS) is 28.8. The second-order valence-electron chi connectivity index (χ2n) is 3.21. The van der Waals surface area contributed by atoms with Gasteiger partial charge in [-0.2, -0.15) is 0 Å². The molecule has 1 aliphatic rings. The SMILES string of the molecule is CN1CCCCC1CCN. The van der Waals surface area contributed by atoms with Gasteiger partial charge in [-0.15, -0.1) is 0 Å². The predicted molar refractivity (Wildman–Crippen MR) is 43.9 cm³/mol. The Bertz CT molecular complexity index is 91.3. The summed E-state index contributed by atoms with van der Waals surface area (Å²) in [5, 5.41) is 0. The molecule has 0 spiro atoms. The zero-order valence-electron chi connectivity index (χ0n) is 6.84. The molecule has 1 aliphatic heterocycles. The van der Waals surface area contributed by atoms with Crippen LogP contribution in [0.1, 0.15) is 25.7 Å². The van der Waals surface area contributed by atoms with Gasteiger partial charge in [0, 0.05) is 6.04 Å². The molecule has 1 saturated heterocycles. The zero-order chi connectivity index (χ0) is 7.40. The van der Waals surface area contributed by atoms with E-state index in [1.54, 1.807) is 0 Å². The van der Waals surface area contributed by atoms with Crippen molar-refractivity contribution in [3.05, 3.63) is 0 Å². The molecule has 2 nitrogen and oxygen atoms in total. The molecule has 0 aromatic heterocycles. The van der Waals surface area contributed by atoms with Gasteiger partial charge in [-0.05, 0) is 39.4 Å². The lowest BCUT2D eigenvalue weighted by atomic mass is 10.0. The second-order valence-corrected chi connectivity index (χ2v) is 3.21. The molecule has 0 aliphatic carbocycles. The highest BCUT2D eigenvalue weighted by Gasteiger charge is 2.16. The van der Waals surface area contributed by atoms with E-state index in [4.69, 9.17) is 5.73 Å². The first-order valence-corrected chi connectivity index (χ1v) is 4.25. The third-order valence-corrected chi connectivity index (χ3v) is 2.42. The molecule has 1 atom stereocenters. The van der Waals surface area contributed by atoms with E-state index in [9.17, 15) is 0 Å². The van der Waals surface area contributed by atoms with Gasteiger partial charge in [-0.25, -0.2) is 0 Å². The van der Waals surface area contributed by atoms with E-state index in [0.29, 0.717) is 0 Å². The molecule has 2 N–H and O–H groups in total. The van der Waals surface area contributed by atoms with Gasteiger partial charge in [0.2, 0.25) is 0 Å². The largest absolute Gasteiger partial charge is 0.330 e. The Balaban J connectivity index is 2.25. The van der Waals surface area contributed by atoms with Crippen LogP contribution in [-0.2, 0) is 0 Å². The van der Waals surface area contributed by atoms with Crippen LogP contribution in [0, 0.1) is 0 Å². The minimum atomic E-state index is 0.777. The van der Waals surface area contributed by atoms with E-state index in [1.165, 1.54) is 32.2 Å². The quantitative estimate of drug-likeness (QED) is 0.618. The van der Waals surface area contributed by atoms with E-state index in [2.05, 4.69) is 11.9 Å². The van der Waals surface area contributed by atoms with Crippen molar-refractivity contribution in [2.75, 3.05) is 20.1 Å². The van der Waals surface area contributed by atoms with Crippen molar-refractivity contribution in [1.29, 1.82) is 0 Å². The molecule has 1 rings (SSSR count). The van der Waals surface area contributed by atoms with Crippen LogP contribution in [0.4, 0.5) is 0 Å². The van der Waals surface area contributed by atoms with Gasteiger partial charge < -0.3 is 10.6 Å². The molecule has 10 heavy (non-hydrogen) atoms. The molecular weight excluding hydrogens is 124 g/mol. The van der Waals surface area contributed by atoms with Crippen LogP contribution in [0.15, 0.2) is 0 Å². The van der Waals surface area contributed by atoms with Crippen molar-refractivity contribution in [2.45, 2.75) is 31.7 Å². The second kappa shape index (κ2) is 3.94. The molecule has 1 fully saturated rings. The maximum Gasteiger partial charge on any atom is 0.0104 e. The molecule has 0 aromatic rings. The molecule has 1 heterocycles. The smallest absolute Gasteiger partial charge is 0.0104 e. The first kappa shape index (κ1) is 8.02. The maximum absolute atomic E-state index is 5.49. The van der Waals surface area contributed by atoms with Crippen LogP contribution in [0.3, 0.4) is 0 Å². The minimum absolute atomic E-state index is 0.777. The number of nitrogens with zero attached hydrogens (tertiary/aromatic N) is 1. The highest BCUT2D eigenvalue weighted by atomic mass is 15.1. The zero-order valence-corrected chi connectivity index (χ0v) is 6.84. The van der Waals surface area contributed by atoms with E-state index in [0.717, 1.165) is 12.6 Å². The van der Waals surface area contributed by atoms with Crippen molar-refractivity contribution in [2.24, 2.45) is 5.73 Å². The Morgan fingerprint density at radius 1 is 1.50 bits per heavy atom. The number of rotatable bonds is 2. The summed E-state index contributed by atoms with van der Waals surface area (Å²) in [6.45, 7) is 2.11. The monoisotopic (exact) mass is 142 g/mol. The third-order valence-electron chi connectivity index (χ3n) is 2.42. The molecule has 0 bridgehead atoms. The summed E-state index contributed by atoms with van der Waals surface area (Å²) >= 11 is 0. The van der Waals surface area contributed by atoms with Gasteiger partial charge in [0.25, 0.3) is 0 Å². The van der Waals surface area contributed by atoms with Gasteiger partial charge in [-0.3, -0.25) is 0 Å². The van der Waals surface area contributed by atoms with Crippen LogP contribution in [-0.4, -0.2) is 31.1 Å². The van der Waals surface area contributed by atoms with E-state index in [1.807, 2.05) is 0 Å². The van der Waals surface area contributed by atoms with Crippen molar-refractivity contribution < 1.29 is 0 Å². The van der Waals surface area contributed by atoms with E-state index >= 15 is 0 Å². The fourth-order valence-electron chi connectivity index (χ4n) is 1.70. The topological polar surface area (TPSA) is 29.3 Å². The summed E-state index contributed by atoms with van der Waals surface area (Å²) < 4.78 is 0. The maximum atomic E-state index is 5.49. The van der Waals surface area contributed by atoms with Gasteiger partial charge in [0.1, 0.15) is 0 Å². The van der Waals surface area contributed by atoms with Gasteiger partial charge in [0.15, 0.2) is 0 Å². The molecule has 2 heteroatoms. The summed E-state index contributed by atoms with van der Waals surface area (Å²) in [7, 11) is 2.21. The molecule has 0 saturated carbocycles. The summed E-state index contributed by atoms with van der Waals surface area (Å²) in [4.78, 5) is 2.44. The minimum Gasteiger partial charge on any atom is -0.330 e. The lowest BCUT2D eigenvalue weighted by Gasteiger charge is -2.32. The first-order valence-electron chi connectivity index (χ1n) is 4.25. The van der Waals surface area contributed by atoms with Crippen LogP contribution in [0.25, 0.3) is 0 Å². The van der Waals surface area contributed by atoms with Crippen LogP contribution >= 0.6 is 0 Å². The van der Waals surface area contributed by atoms with Crippen LogP contribution in [0.5, 0.6) is 0 Å². The van der Waals surface area contributed by atoms with Crippen molar-refractivity contribution in [3.63, 3.8) is 0 Å². The predicted octanol–water partition coefficient (Wildman–Crippen LogP) is 0.820. The van der Waals surface area contributed by atoms with Crippen LogP contribution < -0.4 is 5.73 Å². The summed E-state index contributed by atoms with van der Waals surface area (Å²) in [5.74, 6) is 0. The highest BCUT2D eigenvalue weighted by molar-refractivity contribution is 4.73. The number of piperidine rings is 1. The molecular formula is C8H18N2. The number of likely N-dealkylation sites (tertiary alicyclic amines) is 1. The van der Waals surface area contributed by atoms with Gasteiger partial charge in [-0.1, -0.05) is 6.42 Å². The Kier molecular flexibility index (Phi) is 3.16. The molecule has 0 radical (unpaired) electrons. The van der Waals surface area contributed by atoms with Crippen molar-refractivity contribution in [1.82, 2.24) is 4.90 Å². The standard InChI is InChI=1S/C8H18N2/c1-10-7-3-2-4-8(10)5-6-9/h8H,2-7,9H2,1H3. The van der Waals surface area contributed by atoms with Crippen LogP contribution in [0.2, 0.25) is 0 Å². The van der Waals surface area contributed by atoms with Gasteiger partial charge in [0.05, 0.1) is 0 Å².